The molecule has 26 heavy (non-hydrogen) atoms. The Balaban J connectivity index is 1.49. The van der Waals surface area contributed by atoms with E-state index >= 15 is 0 Å². The highest BCUT2D eigenvalue weighted by molar-refractivity contribution is 9.10. The fourth-order valence-corrected chi connectivity index (χ4v) is 2.95. The predicted octanol–water partition coefficient (Wildman–Crippen LogP) is 2.05. The van der Waals surface area contributed by atoms with E-state index in [4.69, 9.17) is 4.74 Å². The number of carbonyl (C=O) groups excluding carboxylic acids is 2. The molecule has 0 unspecified atom stereocenters. The number of carbonyl (C=O) groups is 2. The van der Waals surface area contributed by atoms with Crippen LogP contribution in [0.2, 0.25) is 0 Å². The molecule has 2 N–H and O–H groups in total. The van der Waals surface area contributed by atoms with E-state index in [-0.39, 0.29) is 18.4 Å². The highest BCUT2D eigenvalue weighted by Gasteiger charge is 2.12. The van der Waals surface area contributed by atoms with Crippen molar-refractivity contribution in [3.8, 4) is 0 Å². The summed E-state index contributed by atoms with van der Waals surface area (Å²) in [6.07, 6.45) is 1.72. The van der Waals surface area contributed by atoms with E-state index in [1.807, 2.05) is 12.1 Å². The molecule has 8 heteroatoms. The van der Waals surface area contributed by atoms with Crippen molar-refractivity contribution >= 4 is 39.2 Å². The number of hydrogen-bond acceptors (Lipinski definition) is 5. The Morgan fingerprint density at radius 2 is 2.00 bits per heavy atom. The first-order valence-electron chi connectivity index (χ1n) is 8.24. The van der Waals surface area contributed by atoms with Crippen LogP contribution in [0.15, 0.2) is 47.1 Å². The molecule has 3 rings (SSSR count). The molecule has 1 aliphatic heterocycles. The average molecular weight is 419 g/mol. The zero-order chi connectivity index (χ0) is 18.4. The predicted molar refractivity (Wildman–Crippen MR) is 102 cm³/mol. The molecule has 2 heterocycles. The number of ether oxygens (including phenoxy) is 1. The Kier molecular flexibility index (Phi) is 6.19. The molecule has 0 saturated carbocycles. The van der Waals surface area contributed by atoms with E-state index in [0.717, 1.165) is 23.2 Å². The van der Waals surface area contributed by atoms with Crippen LogP contribution >= 0.6 is 15.9 Å². The number of pyridine rings is 1. The van der Waals surface area contributed by atoms with Gasteiger partial charge >= 0.3 is 0 Å². The Bertz CT molecular complexity index is 776. The third-order valence-electron chi connectivity index (χ3n) is 3.89. The van der Waals surface area contributed by atoms with Crippen molar-refractivity contribution in [2.45, 2.75) is 0 Å². The van der Waals surface area contributed by atoms with Gasteiger partial charge in [0.2, 0.25) is 5.91 Å². The van der Waals surface area contributed by atoms with E-state index in [2.05, 4.69) is 36.4 Å². The van der Waals surface area contributed by atoms with Gasteiger partial charge in [-0.2, -0.15) is 0 Å². The number of nitrogens with zero attached hydrogens (tertiary/aromatic N) is 2. The van der Waals surface area contributed by atoms with Crippen molar-refractivity contribution in [2.75, 3.05) is 43.1 Å². The van der Waals surface area contributed by atoms with Crippen LogP contribution in [0.25, 0.3) is 0 Å². The van der Waals surface area contributed by atoms with E-state index in [1.165, 1.54) is 0 Å². The maximum atomic E-state index is 12.0. The first kappa shape index (κ1) is 18.3. The van der Waals surface area contributed by atoms with Crippen LogP contribution in [0.3, 0.4) is 0 Å². The number of nitrogens with one attached hydrogen (secondary N) is 2. The maximum Gasteiger partial charge on any atom is 0.251 e. The van der Waals surface area contributed by atoms with Gasteiger partial charge in [-0.1, -0.05) is 22.0 Å². The lowest BCUT2D eigenvalue weighted by Gasteiger charge is -2.28. The Morgan fingerprint density at radius 1 is 1.19 bits per heavy atom. The van der Waals surface area contributed by atoms with E-state index in [1.54, 1.807) is 30.5 Å². The lowest BCUT2D eigenvalue weighted by Crippen LogP contribution is -2.36. The summed E-state index contributed by atoms with van der Waals surface area (Å²) in [5, 5.41) is 5.26. The van der Waals surface area contributed by atoms with Crippen LogP contribution in [0.5, 0.6) is 0 Å². The molecule has 0 aliphatic carbocycles. The molecule has 1 fully saturated rings. The van der Waals surface area contributed by atoms with Gasteiger partial charge in [-0.3, -0.25) is 9.59 Å². The monoisotopic (exact) mass is 418 g/mol. The lowest BCUT2D eigenvalue weighted by molar-refractivity contribution is -0.115. The van der Waals surface area contributed by atoms with Crippen molar-refractivity contribution in [2.24, 2.45) is 0 Å². The van der Waals surface area contributed by atoms with E-state index in [0.29, 0.717) is 24.6 Å². The Morgan fingerprint density at radius 3 is 2.69 bits per heavy atom. The van der Waals surface area contributed by atoms with Crippen molar-refractivity contribution < 1.29 is 14.3 Å². The normalized spacial score (nSPS) is 14.0. The molecule has 2 aromatic rings. The first-order valence-corrected chi connectivity index (χ1v) is 9.03. The van der Waals surface area contributed by atoms with Crippen LogP contribution in [0.1, 0.15) is 10.4 Å². The summed E-state index contributed by atoms with van der Waals surface area (Å²) in [7, 11) is 0. The molecule has 0 spiro atoms. The summed E-state index contributed by atoms with van der Waals surface area (Å²) in [6.45, 7) is 2.94. The molecule has 0 atom stereocenters. The molecule has 1 saturated heterocycles. The second kappa shape index (κ2) is 8.77. The van der Waals surface area contributed by atoms with Gasteiger partial charge in [-0.25, -0.2) is 4.98 Å². The van der Waals surface area contributed by atoms with Gasteiger partial charge in [0.05, 0.1) is 31.6 Å². The number of amides is 2. The quantitative estimate of drug-likeness (QED) is 0.775. The Hall–Kier alpha value is -2.45. The zero-order valence-electron chi connectivity index (χ0n) is 14.1. The zero-order valence-corrected chi connectivity index (χ0v) is 15.7. The lowest BCUT2D eigenvalue weighted by atomic mass is 10.2. The topological polar surface area (TPSA) is 83.6 Å². The minimum atomic E-state index is -0.333. The number of aromatic nitrogens is 1. The van der Waals surface area contributed by atoms with Gasteiger partial charge < -0.3 is 20.3 Å². The molecule has 1 aromatic heterocycles. The maximum absolute atomic E-state index is 12.0. The molecule has 7 nitrogen and oxygen atoms in total. The number of benzene rings is 1. The second-order valence-electron chi connectivity index (χ2n) is 5.74. The second-order valence-corrected chi connectivity index (χ2v) is 6.66. The highest BCUT2D eigenvalue weighted by Crippen LogP contribution is 2.16. The summed E-state index contributed by atoms with van der Waals surface area (Å²) in [4.78, 5) is 30.5. The first-order chi connectivity index (χ1) is 12.6. The van der Waals surface area contributed by atoms with Crippen LogP contribution in [0, 0.1) is 0 Å². The summed E-state index contributed by atoms with van der Waals surface area (Å²) < 4.78 is 6.13. The number of halogens is 1. The summed E-state index contributed by atoms with van der Waals surface area (Å²) in [6, 6.07) is 10.6. The SMILES string of the molecule is O=C(CNC(=O)c1cccc(Br)c1)Nc1ccc(N2CCOCC2)cn1. The Labute approximate surface area is 159 Å². The number of rotatable bonds is 5. The van der Waals surface area contributed by atoms with Gasteiger partial charge in [0.1, 0.15) is 5.82 Å². The van der Waals surface area contributed by atoms with Crippen LogP contribution in [-0.4, -0.2) is 49.6 Å². The summed E-state index contributed by atoms with van der Waals surface area (Å²) in [5.41, 5.74) is 1.48. The van der Waals surface area contributed by atoms with Crippen LogP contribution < -0.4 is 15.5 Å². The molecular formula is C18H19BrN4O3. The van der Waals surface area contributed by atoms with Crippen molar-refractivity contribution in [1.82, 2.24) is 10.3 Å². The fraction of sp³-hybridized carbons (Fsp3) is 0.278. The molecule has 2 amide bonds. The molecule has 1 aliphatic rings. The van der Waals surface area contributed by atoms with Crippen molar-refractivity contribution in [3.05, 3.63) is 52.6 Å². The third kappa shape index (κ3) is 5.03. The number of anilines is 2. The average Bonchev–Trinajstić information content (AvgIpc) is 2.67. The summed E-state index contributed by atoms with van der Waals surface area (Å²) >= 11 is 3.31. The minimum Gasteiger partial charge on any atom is -0.378 e. The molecular weight excluding hydrogens is 400 g/mol. The molecule has 0 radical (unpaired) electrons. The van der Waals surface area contributed by atoms with Gasteiger partial charge in [-0.15, -0.1) is 0 Å². The third-order valence-corrected chi connectivity index (χ3v) is 4.38. The van der Waals surface area contributed by atoms with Gasteiger partial charge in [0, 0.05) is 23.1 Å². The molecule has 1 aromatic carbocycles. The number of hydrogen-bond donors (Lipinski definition) is 2. The highest BCUT2D eigenvalue weighted by atomic mass is 79.9. The van der Waals surface area contributed by atoms with Gasteiger partial charge in [-0.05, 0) is 30.3 Å². The smallest absolute Gasteiger partial charge is 0.251 e. The standard InChI is InChI=1S/C18H19BrN4O3/c19-14-3-1-2-13(10-14)18(25)21-12-17(24)22-16-5-4-15(11-20-16)23-6-8-26-9-7-23/h1-5,10-11H,6-9,12H2,(H,21,25)(H,20,22,24). The van der Waals surface area contributed by atoms with Gasteiger partial charge in [0.25, 0.3) is 5.91 Å². The minimum absolute atomic E-state index is 0.127. The summed E-state index contributed by atoms with van der Waals surface area (Å²) in [5.74, 6) is -0.194. The largest absolute Gasteiger partial charge is 0.378 e. The molecule has 136 valence electrons. The fourth-order valence-electron chi connectivity index (χ4n) is 2.55. The van der Waals surface area contributed by atoms with Crippen LogP contribution in [-0.2, 0) is 9.53 Å². The van der Waals surface area contributed by atoms with E-state index < -0.39 is 0 Å². The van der Waals surface area contributed by atoms with Crippen LogP contribution in [0.4, 0.5) is 11.5 Å². The van der Waals surface area contributed by atoms with Gasteiger partial charge in [0.15, 0.2) is 0 Å². The van der Waals surface area contributed by atoms with Crippen molar-refractivity contribution in [3.63, 3.8) is 0 Å². The van der Waals surface area contributed by atoms with Crippen molar-refractivity contribution in [1.29, 1.82) is 0 Å². The molecule has 0 bridgehead atoms. The number of morpholine rings is 1. The van der Waals surface area contributed by atoms with E-state index in [9.17, 15) is 9.59 Å².